The number of hydrogen-bond acceptors (Lipinski definition) is 2. The van der Waals surface area contributed by atoms with Gasteiger partial charge in [-0.3, -0.25) is 4.79 Å². The summed E-state index contributed by atoms with van der Waals surface area (Å²) in [5, 5.41) is 2.83. The standard InChI is InChI=1S/C13H18N2O2/c1-11-4-2-3-5-12(11)17-9-8-15-7-6-14-13(16)10-15/h2-5H,6-10H2,1H3,(H,14,16)/p+1. The van der Waals surface area contributed by atoms with Gasteiger partial charge in [0.1, 0.15) is 18.9 Å². The van der Waals surface area contributed by atoms with Crippen LogP contribution in [0.25, 0.3) is 0 Å². The molecule has 1 aliphatic heterocycles. The van der Waals surface area contributed by atoms with Crippen LogP contribution in [0.1, 0.15) is 5.56 Å². The molecule has 1 fully saturated rings. The van der Waals surface area contributed by atoms with Gasteiger partial charge in [0.25, 0.3) is 5.91 Å². The molecule has 4 heteroatoms. The summed E-state index contributed by atoms with van der Waals surface area (Å²) in [5.74, 6) is 1.08. The number of quaternary nitrogens is 1. The van der Waals surface area contributed by atoms with Crippen LogP contribution in [-0.4, -0.2) is 38.7 Å². The van der Waals surface area contributed by atoms with Crippen LogP contribution in [0.4, 0.5) is 0 Å². The Balaban J connectivity index is 1.76. The van der Waals surface area contributed by atoms with E-state index in [1.807, 2.05) is 31.2 Å². The molecular weight excluding hydrogens is 216 g/mol. The molecule has 0 spiro atoms. The van der Waals surface area contributed by atoms with Crippen molar-refractivity contribution < 1.29 is 14.4 Å². The largest absolute Gasteiger partial charge is 0.487 e. The number of nitrogens with one attached hydrogen (secondary N) is 2. The van der Waals surface area contributed by atoms with Gasteiger partial charge < -0.3 is 15.0 Å². The Hall–Kier alpha value is -1.55. The summed E-state index contributed by atoms with van der Waals surface area (Å²) in [5.41, 5.74) is 1.15. The van der Waals surface area contributed by atoms with Gasteiger partial charge in [0.05, 0.1) is 13.1 Å². The Labute approximate surface area is 102 Å². The minimum Gasteiger partial charge on any atom is -0.487 e. The maximum atomic E-state index is 11.2. The molecule has 0 bridgehead atoms. The zero-order valence-corrected chi connectivity index (χ0v) is 10.2. The molecule has 0 saturated carbocycles. The number of carbonyl (C=O) groups is 1. The topological polar surface area (TPSA) is 42.8 Å². The van der Waals surface area contributed by atoms with E-state index in [-0.39, 0.29) is 5.91 Å². The van der Waals surface area contributed by atoms with Gasteiger partial charge in [-0.05, 0) is 18.6 Å². The van der Waals surface area contributed by atoms with Crippen LogP contribution in [0.5, 0.6) is 5.75 Å². The third-order valence-electron chi connectivity index (χ3n) is 3.02. The third-order valence-corrected chi connectivity index (χ3v) is 3.02. The highest BCUT2D eigenvalue weighted by molar-refractivity contribution is 5.77. The van der Waals surface area contributed by atoms with Crippen molar-refractivity contribution >= 4 is 5.91 Å². The summed E-state index contributed by atoms with van der Waals surface area (Å²) < 4.78 is 5.72. The lowest BCUT2D eigenvalue weighted by Gasteiger charge is -2.23. The highest BCUT2D eigenvalue weighted by Crippen LogP contribution is 2.15. The molecule has 1 aromatic rings. The third kappa shape index (κ3) is 3.46. The normalized spacial score (nSPS) is 19.8. The summed E-state index contributed by atoms with van der Waals surface area (Å²) in [4.78, 5) is 12.5. The summed E-state index contributed by atoms with van der Waals surface area (Å²) in [6.07, 6.45) is 0. The molecule has 17 heavy (non-hydrogen) atoms. The van der Waals surface area contributed by atoms with Crippen LogP contribution >= 0.6 is 0 Å². The molecular formula is C13H19N2O2+. The Bertz CT molecular complexity index is 393. The molecule has 1 unspecified atom stereocenters. The minimum atomic E-state index is 0.141. The second-order valence-corrected chi connectivity index (χ2v) is 4.39. The molecule has 92 valence electrons. The molecule has 1 aromatic carbocycles. The summed E-state index contributed by atoms with van der Waals surface area (Å²) in [6.45, 7) is 5.91. The fourth-order valence-corrected chi connectivity index (χ4v) is 1.99. The second-order valence-electron chi connectivity index (χ2n) is 4.39. The quantitative estimate of drug-likeness (QED) is 0.731. The van der Waals surface area contributed by atoms with E-state index in [2.05, 4.69) is 5.32 Å². The van der Waals surface area contributed by atoms with Crippen LogP contribution in [-0.2, 0) is 4.79 Å². The Morgan fingerprint density at radius 1 is 1.41 bits per heavy atom. The summed E-state index contributed by atoms with van der Waals surface area (Å²) in [6, 6.07) is 8.00. The van der Waals surface area contributed by atoms with Crippen LogP contribution in [0.3, 0.4) is 0 Å². The van der Waals surface area contributed by atoms with Gasteiger partial charge in [-0.1, -0.05) is 18.2 Å². The molecule has 1 atom stereocenters. The number of piperazine rings is 1. The fraction of sp³-hybridized carbons (Fsp3) is 0.462. The predicted molar refractivity (Wildman–Crippen MR) is 65.2 cm³/mol. The first-order valence-electron chi connectivity index (χ1n) is 6.04. The van der Waals surface area contributed by atoms with Crippen molar-refractivity contribution in [1.29, 1.82) is 0 Å². The predicted octanol–water partition coefficient (Wildman–Crippen LogP) is -0.611. The number of ether oxygens (including phenoxy) is 1. The van der Waals surface area contributed by atoms with Gasteiger partial charge >= 0.3 is 0 Å². The van der Waals surface area contributed by atoms with E-state index in [4.69, 9.17) is 4.74 Å². The maximum absolute atomic E-state index is 11.2. The smallest absolute Gasteiger partial charge is 0.275 e. The van der Waals surface area contributed by atoms with Crippen LogP contribution in [0.2, 0.25) is 0 Å². The molecule has 0 radical (unpaired) electrons. The van der Waals surface area contributed by atoms with E-state index < -0.39 is 0 Å². The first-order valence-corrected chi connectivity index (χ1v) is 6.04. The Morgan fingerprint density at radius 3 is 3.00 bits per heavy atom. The maximum Gasteiger partial charge on any atom is 0.275 e. The van der Waals surface area contributed by atoms with Gasteiger partial charge in [0, 0.05) is 0 Å². The zero-order valence-electron chi connectivity index (χ0n) is 10.2. The number of hydrogen-bond donors (Lipinski definition) is 2. The molecule has 1 saturated heterocycles. The van der Waals surface area contributed by atoms with Gasteiger partial charge in [-0.2, -0.15) is 0 Å². The molecule has 2 rings (SSSR count). The van der Waals surface area contributed by atoms with Crippen molar-refractivity contribution in [2.75, 3.05) is 32.8 Å². The van der Waals surface area contributed by atoms with Crippen molar-refractivity contribution in [3.8, 4) is 5.75 Å². The van der Waals surface area contributed by atoms with Gasteiger partial charge in [0.2, 0.25) is 0 Å². The zero-order chi connectivity index (χ0) is 12.1. The molecule has 0 aliphatic carbocycles. The molecule has 1 aliphatic rings. The van der Waals surface area contributed by atoms with Crippen LogP contribution < -0.4 is 15.0 Å². The van der Waals surface area contributed by atoms with E-state index in [0.717, 1.165) is 30.9 Å². The summed E-state index contributed by atoms with van der Waals surface area (Å²) >= 11 is 0. The lowest BCUT2D eigenvalue weighted by Crippen LogP contribution is -3.15. The fourth-order valence-electron chi connectivity index (χ4n) is 1.99. The molecule has 0 aromatic heterocycles. The van der Waals surface area contributed by atoms with Crippen LogP contribution in [0.15, 0.2) is 24.3 Å². The van der Waals surface area contributed by atoms with Gasteiger partial charge in [0.15, 0.2) is 6.54 Å². The molecule has 2 N–H and O–H groups in total. The minimum absolute atomic E-state index is 0.141. The Morgan fingerprint density at radius 2 is 2.24 bits per heavy atom. The Kier molecular flexibility index (Phi) is 3.98. The van der Waals surface area contributed by atoms with Gasteiger partial charge in [-0.25, -0.2) is 0 Å². The summed E-state index contributed by atoms with van der Waals surface area (Å²) in [7, 11) is 0. The highest BCUT2D eigenvalue weighted by Gasteiger charge is 2.18. The van der Waals surface area contributed by atoms with E-state index in [0.29, 0.717) is 13.2 Å². The monoisotopic (exact) mass is 235 g/mol. The van der Waals surface area contributed by atoms with Gasteiger partial charge in [-0.15, -0.1) is 0 Å². The number of aryl methyl sites for hydroxylation is 1. The van der Waals surface area contributed by atoms with Crippen molar-refractivity contribution in [2.24, 2.45) is 0 Å². The van der Waals surface area contributed by atoms with Crippen molar-refractivity contribution in [3.05, 3.63) is 29.8 Å². The number of rotatable bonds is 4. The number of para-hydroxylation sites is 1. The number of benzene rings is 1. The lowest BCUT2D eigenvalue weighted by atomic mass is 10.2. The van der Waals surface area contributed by atoms with E-state index in [1.54, 1.807) is 0 Å². The van der Waals surface area contributed by atoms with E-state index in [1.165, 1.54) is 4.90 Å². The number of carbonyl (C=O) groups excluding carboxylic acids is 1. The van der Waals surface area contributed by atoms with E-state index in [9.17, 15) is 4.79 Å². The SMILES string of the molecule is Cc1ccccc1OCC[NH+]1CCNC(=O)C1. The van der Waals surface area contributed by atoms with Crippen molar-refractivity contribution in [3.63, 3.8) is 0 Å². The average Bonchev–Trinajstić information content (AvgIpc) is 2.32. The van der Waals surface area contributed by atoms with Crippen LogP contribution in [0, 0.1) is 6.92 Å². The second kappa shape index (κ2) is 5.68. The average molecular weight is 235 g/mol. The lowest BCUT2D eigenvalue weighted by molar-refractivity contribution is -0.893. The first kappa shape index (κ1) is 11.9. The van der Waals surface area contributed by atoms with Crippen molar-refractivity contribution in [1.82, 2.24) is 5.32 Å². The molecule has 4 nitrogen and oxygen atoms in total. The van der Waals surface area contributed by atoms with Crippen molar-refractivity contribution in [2.45, 2.75) is 6.92 Å². The highest BCUT2D eigenvalue weighted by atomic mass is 16.5. The molecule has 1 amide bonds. The first-order chi connectivity index (χ1) is 8.25. The van der Waals surface area contributed by atoms with E-state index >= 15 is 0 Å². The molecule has 1 heterocycles. The number of amides is 1.